The van der Waals surface area contributed by atoms with Crippen LogP contribution in [0, 0.1) is 13.8 Å². The van der Waals surface area contributed by atoms with Crippen molar-refractivity contribution in [2.24, 2.45) is 0 Å². The monoisotopic (exact) mass is 238 g/mol. The van der Waals surface area contributed by atoms with Crippen molar-refractivity contribution in [1.29, 1.82) is 0 Å². The van der Waals surface area contributed by atoms with E-state index >= 15 is 0 Å². The van der Waals surface area contributed by atoms with Crippen molar-refractivity contribution in [2.75, 3.05) is 13.2 Å². The van der Waals surface area contributed by atoms with Crippen LogP contribution in [0.25, 0.3) is 0 Å². The molecule has 1 amide bonds. The van der Waals surface area contributed by atoms with Crippen molar-refractivity contribution in [2.45, 2.75) is 39.2 Å². The van der Waals surface area contributed by atoms with Gasteiger partial charge in [-0.1, -0.05) is 0 Å². The number of nitrogens with zero attached hydrogens (tertiary/aromatic N) is 2. The van der Waals surface area contributed by atoms with Crippen molar-refractivity contribution >= 4 is 5.91 Å². The molecular weight excluding hydrogens is 220 g/mol. The lowest BCUT2D eigenvalue weighted by Gasteiger charge is -2.36. The number of hydrogen-bond donors (Lipinski definition) is 1. The van der Waals surface area contributed by atoms with E-state index in [9.17, 15) is 4.79 Å². The molecule has 5 nitrogen and oxygen atoms in total. The number of aliphatic hydroxyl groups is 1. The SMILES string of the molecule is Cc1nc(C)c(C(=O)N(CCO)C2CCC2)o1. The number of carbonyl (C=O) groups excluding carboxylic acids is 1. The molecule has 1 aromatic rings. The highest BCUT2D eigenvalue weighted by molar-refractivity contribution is 5.92. The van der Waals surface area contributed by atoms with Crippen molar-refractivity contribution in [3.8, 4) is 0 Å². The van der Waals surface area contributed by atoms with Crippen molar-refractivity contribution in [3.05, 3.63) is 17.3 Å². The summed E-state index contributed by atoms with van der Waals surface area (Å²) in [6.07, 6.45) is 3.17. The van der Waals surface area contributed by atoms with Gasteiger partial charge in [0.25, 0.3) is 5.91 Å². The summed E-state index contributed by atoms with van der Waals surface area (Å²) in [5.74, 6) is 0.660. The first-order chi connectivity index (χ1) is 8.13. The van der Waals surface area contributed by atoms with E-state index in [2.05, 4.69) is 4.98 Å². The Labute approximate surface area is 100 Å². The maximum Gasteiger partial charge on any atom is 0.291 e. The molecule has 5 heteroatoms. The average molecular weight is 238 g/mol. The molecular formula is C12H18N2O3. The number of aromatic nitrogens is 1. The molecule has 1 aliphatic carbocycles. The molecule has 1 fully saturated rings. The minimum atomic E-state index is -0.151. The van der Waals surface area contributed by atoms with Crippen LogP contribution in [-0.4, -0.2) is 40.1 Å². The Morgan fingerprint density at radius 2 is 2.24 bits per heavy atom. The molecule has 0 aromatic carbocycles. The van der Waals surface area contributed by atoms with Crippen LogP contribution in [-0.2, 0) is 0 Å². The Kier molecular flexibility index (Phi) is 3.47. The summed E-state index contributed by atoms with van der Waals surface area (Å²) in [7, 11) is 0. The van der Waals surface area contributed by atoms with Crippen molar-refractivity contribution in [3.63, 3.8) is 0 Å². The van der Waals surface area contributed by atoms with Gasteiger partial charge >= 0.3 is 0 Å². The third-order valence-corrected chi connectivity index (χ3v) is 3.22. The highest BCUT2D eigenvalue weighted by Crippen LogP contribution is 2.26. The van der Waals surface area contributed by atoms with Crippen LogP contribution in [0.15, 0.2) is 4.42 Å². The Bertz CT molecular complexity index is 410. The second kappa shape index (κ2) is 4.87. The second-order valence-electron chi connectivity index (χ2n) is 4.45. The zero-order chi connectivity index (χ0) is 12.4. The van der Waals surface area contributed by atoms with Crippen LogP contribution in [0.1, 0.15) is 41.4 Å². The van der Waals surface area contributed by atoms with E-state index < -0.39 is 0 Å². The number of hydrogen-bond acceptors (Lipinski definition) is 4. The maximum absolute atomic E-state index is 12.3. The second-order valence-corrected chi connectivity index (χ2v) is 4.45. The first kappa shape index (κ1) is 12.1. The summed E-state index contributed by atoms with van der Waals surface area (Å²) < 4.78 is 5.34. The normalized spacial score (nSPS) is 15.7. The summed E-state index contributed by atoms with van der Waals surface area (Å²) in [5.41, 5.74) is 0.620. The smallest absolute Gasteiger partial charge is 0.291 e. The van der Waals surface area contributed by atoms with Crippen LogP contribution in [0.3, 0.4) is 0 Å². The lowest BCUT2D eigenvalue weighted by Crippen LogP contribution is -2.45. The summed E-state index contributed by atoms with van der Waals surface area (Å²) >= 11 is 0. The van der Waals surface area contributed by atoms with E-state index in [4.69, 9.17) is 9.52 Å². The van der Waals surface area contributed by atoms with E-state index in [1.165, 1.54) is 0 Å². The van der Waals surface area contributed by atoms with E-state index in [1.807, 2.05) is 0 Å². The van der Waals surface area contributed by atoms with Gasteiger partial charge in [0, 0.05) is 19.5 Å². The molecule has 0 spiro atoms. The molecule has 1 heterocycles. The van der Waals surface area contributed by atoms with Gasteiger partial charge in [0.2, 0.25) is 5.76 Å². The van der Waals surface area contributed by atoms with Gasteiger partial charge in [-0.2, -0.15) is 0 Å². The maximum atomic E-state index is 12.3. The Morgan fingerprint density at radius 1 is 1.53 bits per heavy atom. The molecule has 0 saturated heterocycles. The highest BCUT2D eigenvalue weighted by atomic mass is 16.4. The summed E-state index contributed by atoms with van der Waals surface area (Å²) in [4.78, 5) is 18.1. The van der Waals surface area contributed by atoms with E-state index in [1.54, 1.807) is 18.7 Å². The zero-order valence-corrected chi connectivity index (χ0v) is 10.3. The Morgan fingerprint density at radius 3 is 2.65 bits per heavy atom. The number of rotatable bonds is 4. The Balaban J connectivity index is 2.17. The summed E-state index contributed by atoms with van der Waals surface area (Å²) in [6, 6.07) is 0.249. The minimum absolute atomic E-state index is 0.0194. The first-order valence-electron chi connectivity index (χ1n) is 5.99. The molecule has 1 saturated carbocycles. The number of amides is 1. The van der Waals surface area contributed by atoms with Gasteiger partial charge in [-0.15, -0.1) is 0 Å². The third-order valence-electron chi connectivity index (χ3n) is 3.22. The molecule has 0 radical (unpaired) electrons. The lowest BCUT2D eigenvalue weighted by molar-refractivity contribution is 0.0492. The van der Waals surface area contributed by atoms with E-state index in [0.29, 0.717) is 23.9 Å². The predicted molar refractivity (Wildman–Crippen MR) is 61.7 cm³/mol. The number of aryl methyl sites for hydroxylation is 2. The van der Waals surface area contributed by atoms with Gasteiger partial charge in [-0.3, -0.25) is 4.79 Å². The molecule has 17 heavy (non-hydrogen) atoms. The van der Waals surface area contributed by atoms with Gasteiger partial charge < -0.3 is 14.4 Å². The molecule has 2 rings (SSSR count). The lowest BCUT2D eigenvalue weighted by atomic mass is 9.91. The quantitative estimate of drug-likeness (QED) is 0.858. The van der Waals surface area contributed by atoms with Crippen molar-refractivity contribution < 1.29 is 14.3 Å². The first-order valence-corrected chi connectivity index (χ1v) is 5.99. The van der Waals surface area contributed by atoms with Crippen LogP contribution in [0.2, 0.25) is 0 Å². The van der Waals surface area contributed by atoms with Gasteiger partial charge in [-0.05, 0) is 26.2 Å². The zero-order valence-electron chi connectivity index (χ0n) is 10.3. The molecule has 1 aliphatic rings. The topological polar surface area (TPSA) is 66.6 Å². The van der Waals surface area contributed by atoms with Crippen LogP contribution in [0.5, 0.6) is 0 Å². The largest absolute Gasteiger partial charge is 0.436 e. The van der Waals surface area contributed by atoms with Gasteiger partial charge in [0.15, 0.2) is 5.89 Å². The van der Waals surface area contributed by atoms with Crippen molar-refractivity contribution in [1.82, 2.24) is 9.88 Å². The summed E-state index contributed by atoms with van der Waals surface area (Å²) in [6.45, 7) is 3.84. The van der Waals surface area contributed by atoms with Crippen LogP contribution in [0.4, 0.5) is 0 Å². The minimum Gasteiger partial charge on any atom is -0.436 e. The fraction of sp³-hybridized carbons (Fsp3) is 0.667. The van der Waals surface area contributed by atoms with E-state index in [0.717, 1.165) is 19.3 Å². The standard InChI is InChI=1S/C12H18N2O3/c1-8-11(17-9(2)13-8)12(16)14(6-7-15)10-4-3-5-10/h10,15H,3-7H2,1-2H3. The summed E-state index contributed by atoms with van der Waals surface area (Å²) in [5, 5.41) is 9.04. The predicted octanol–water partition coefficient (Wildman–Crippen LogP) is 1.28. The molecule has 0 aliphatic heterocycles. The fourth-order valence-electron chi connectivity index (χ4n) is 2.12. The molecule has 1 N–H and O–H groups in total. The van der Waals surface area contributed by atoms with Gasteiger partial charge in [0.05, 0.1) is 12.3 Å². The van der Waals surface area contributed by atoms with E-state index in [-0.39, 0.29) is 18.6 Å². The third kappa shape index (κ3) is 2.34. The highest BCUT2D eigenvalue weighted by Gasteiger charge is 2.31. The molecule has 0 unspecified atom stereocenters. The Hall–Kier alpha value is -1.36. The van der Waals surface area contributed by atoms with Gasteiger partial charge in [-0.25, -0.2) is 4.98 Å². The van der Waals surface area contributed by atoms with Crippen LogP contribution >= 0.6 is 0 Å². The number of aliphatic hydroxyl groups excluding tert-OH is 1. The average Bonchev–Trinajstić information content (AvgIpc) is 2.53. The number of oxazole rings is 1. The van der Waals surface area contributed by atoms with Crippen LogP contribution < -0.4 is 0 Å². The van der Waals surface area contributed by atoms with Gasteiger partial charge in [0.1, 0.15) is 0 Å². The fourth-order valence-corrected chi connectivity index (χ4v) is 2.12. The number of carbonyl (C=O) groups is 1. The molecule has 94 valence electrons. The molecule has 1 aromatic heterocycles. The molecule has 0 atom stereocenters. The molecule has 0 bridgehead atoms.